The first-order valence-electron chi connectivity index (χ1n) is 8.90. The van der Waals surface area contributed by atoms with Crippen molar-refractivity contribution in [3.05, 3.63) is 81.8 Å². The van der Waals surface area contributed by atoms with Crippen LogP contribution < -0.4 is 10.1 Å². The molecule has 0 aromatic heterocycles. The minimum Gasteiger partial charge on any atom is -0.455 e. The summed E-state index contributed by atoms with van der Waals surface area (Å²) in [5.74, 6) is 0.326. The third-order valence-electron chi connectivity index (χ3n) is 4.13. The largest absolute Gasteiger partial charge is 0.455 e. The molecule has 0 atom stereocenters. The van der Waals surface area contributed by atoms with Gasteiger partial charge in [0.05, 0.1) is 17.3 Å². The normalized spacial score (nSPS) is 11.4. The van der Waals surface area contributed by atoms with Crippen molar-refractivity contribution in [3.63, 3.8) is 0 Å². The fourth-order valence-corrected chi connectivity index (χ4v) is 4.66. The van der Waals surface area contributed by atoms with Gasteiger partial charge in [-0.1, -0.05) is 53.0 Å². The number of halogens is 3. The number of para-hydroxylation sites is 1. The van der Waals surface area contributed by atoms with Crippen molar-refractivity contribution < 1.29 is 17.9 Å². The van der Waals surface area contributed by atoms with Gasteiger partial charge in [0, 0.05) is 17.1 Å². The number of carbonyl (C=O) groups is 1. The second-order valence-corrected chi connectivity index (χ2v) is 9.73. The molecule has 0 radical (unpaired) electrons. The highest BCUT2D eigenvalue weighted by molar-refractivity contribution is 7.89. The van der Waals surface area contributed by atoms with Gasteiger partial charge < -0.3 is 10.1 Å². The third kappa shape index (κ3) is 5.90. The minimum atomic E-state index is -4.05. The zero-order valence-corrected chi connectivity index (χ0v) is 19.3. The SMILES string of the molecule is CN(CC(=O)Nc1cc(Cl)ccc1Oc1ccccc1)S(=O)(=O)c1cc(Cl)ccc1Cl. The van der Waals surface area contributed by atoms with Gasteiger partial charge in [-0.3, -0.25) is 4.79 Å². The lowest BCUT2D eigenvalue weighted by atomic mass is 10.2. The smallest absolute Gasteiger partial charge is 0.244 e. The highest BCUT2D eigenvalue weighted by atomic mass is 35.5. The van der Waals surface area contributed by atoms with Crippen LogP contribution in [-0.2, 0) is 14.8 Å². The van der Waals surface area contributed by atoms with Crippen molar-refractivity contribution in [1.82, 2.24) is 4.31 Å². The molecule has 0 saturated heterocycles. The van der Waals surface area contributed by atoms with Crippen molar-refractivity contribution in [3.8, 4) is 11.5 Å². The summed E-state index contributed by atoms with van der Waals surface area (Å²) in [6, 6.07) is 17.8. The Morgan fingerprint density at radius 3 is 2.32 bits per heavy atom. The summed E-state index contributed by atoms with van der Waals surface area (Å²) in [6.07, 6.45) is 0. The van der Waals surface area contributed by atoms with Crippen molar-refractivity contribution in [2.75, 3.05) is 18.9 Å². The van der Waals surface area contributed by atoms with Crippen LogP contribution in [0.5, 0.6) is 11.5 Å². The molecule has 162 valence electrons. The first-order chi connectivity index (χ1) is 14.7. The Bertz CT molecular complexity index is 1200. The molecule has 0 aliphatic rings. The highest BCUT2D eigenvalue weighted by Crippen LogP contribution is 2.32. The fraction of sp³-hybridized carbons (Fsp3) is 0.0952. The lowest BCUT2D eigenvalue weighted by molar-refractivity contribution is -0.116. The van der Waals surface area contributed by atoms with E-state index in [1.807, 2.05) is 18.2 Å². The van der Waals surface area contributed by atoms with Crippen LogP contribution in [-0.4, -0.2) is 32.2 Å². The van der Waals surface area contributed by atoms with Gasteiger partial charge in [0.1, 0.15) is 10.6 Å². The molecule has 3 aromatic carbocycles. The maximum atomic E-state index is 12.8. The fourth-order valence-electron chi connectivity index (χ4n) is 2.62. The number of benzene rings is 3. The molecule has 0 heterocycles. The van der Waals surface area contributed by atoms with E-state index in [1.54, 1.807) is 24.3 Å². The van der Waals surface area contributed by atoms with E-state index in [1.165, 1.54) is 31.3 Å². The van der Waals surface area contributed by atoms with Gasteiger partial charge in [0.2, 0.25) is 15.9 Å². The Morgan fingerprint density at radius 1 is 0.968 bits per heavy atom. The van der Waals surface area contributed by atoms with E-state index >= 15 is 0 Å². The first-order valence-corrected chi connectivity index (χ1v) is 11.5. The molecular formula is C21H17Cl3N2O4S. The first kappa shape index (κ1) is 23.4. The summed E-state index contributed by atoms with van der Waals surface area (Å²) >= 11 is 18.0. The van der Waals surface area contributed by atoms with Crippen molar-refractivity contribution in [2.24, 2.45) is 0 Å². The molecule has 0 aliphatic carbocycles. The van der Waals surface area contributed by atoms with Crippen LogP contribution in [0.25, 0.3) is 0 Å². The second-order valence-electron chi connectivity index (χ2n) is 6.44. The number of likely N-dealkylation sites (N-methyl/N-ethyl adjacent to an activating group) is 1. The topological polar surface area (TPSA) is 75.7 Å². The molecule has 0 bridgehead atoms. The lowest BCUT2D eigenvalue weighted by Gasteiger charge is -2.18. The van der Waals surface area contributed by atoms with E-state index in [-0.39, 0.29) is 14.9 Å². The maximum Gasteiger partial charge on any atom is 0.244 e. The van der Waals surface area contributed by atoms with Crippen LogP contribution in [0.1, 0.15) is 0 Å². The van der Waals surface area contributed by atoms with Gasteiger partial charge in [-0.05, 0) is 48.5 Å². The van der Waals surface area contributed by atoms with E-state index in [0.29, 0.717) is 22.2 Å². The van der Waals surface area contributed by atoms with Gasteiger partial charge in [0.15, 0.2) is 5.75 Å². The summed E-state index contributed by atoms with van der Waals surface area (Å²) in [5, 5.41) is 3.23. The number of amides is 1. The summed E-state index contributed by atoms with van der Waals surface area (Å²) in [5.41, 5.74) is 0.299. The number of anilines is 1. The molecule has 3 aromatic rings. The Kier molecular flexibility index (Phi) is 7.46. The molecule has 1 N–H and O–H groups in total. The lowest BCUT2D eigenvalue weighted by Crippen LogP contribution is -2.35. The summed E-state index contributed by atoms with van der Waals surface area (Å²) in [7, 11) is -2.78. The minimum absolute atomic E-state index is 0.00467. The third-order valence-corrected chi connectivity index (χ3v) is 6.89. The van der Waals surface area contributed by atoms with Crippen molar-refractivity contribution in [1.29, 1.82) is 0 Å². The number of sulfonamides is 1. The molecule has 0 fully saturated rings. The number of nitrogens with one attached hydrogen (secondary N) is 1. The molecule has 31 heavy (non-hydrogen) atoms. The van der Waals surface area contributed by atoms with Crippen LogP contribution in [0.15, 0.2) is 71.6 Å². The molecule has 6 nitrogen and oxygen atoms in total. The monoisotopic (exact) mass is 498 g/mol. The molecule has 10 heteroatoms. The Hall–Kier alpha value is -2.29. The van der Waals surface area contributed by atoms with E-state index < -0.39 is 22.5 Å². The maximum absolute atomic E-state index is 12.8. The standard InChI is InChI=1S/C21H17Cl3N2O4S/c1-26(31(28,29)20-12-15(23)7-9-17(20)24)13-21(27)25-18-11-14(22)8-10-19(18)30-16-5-3-2-4-6-16/h2-12H,13H2,1H3,(H,25,27). The van der Waals surface area contributed by atoms with Gasteiger partial charge in [-0.2, -0.15) is 4.31 Å². The number of nitrogens with zero attached hydrogens (tertiary/aromatic N) is 1. The predicted molar refractivity (Wildman–Crippen MR) is 123 cm³/mol. The summed E-state index contributed by atoms with van der Waals surface area (Å²) in [6.45, 7) is -0.470. The van der Waals surface area contributed by atoms with Crippen LogP contribution in [0.3, 0.4) is 0 Å². The number of ether oxygens (including phenoxy) is 1. The quantitative estimate of drug-likeness (QED) is 0.452. The molecule has 3 rings (SSSR count). The zero-order valence-electron chi connectivity index (χ0n) is 16.2. The van der Waals surface area contributed by atoms with E-state index in [9.17, 15) is 13.2 Å². The molecule has 1 amide bonds. The molecule has 0 aliphatic heterocycles. The van der Waals surface area contributed by atoms with Gasteiger partial charge in [-0.15, -0.1) is 0 Å². The van der Waals surface area contributed by atoms with Crippen LogP contribution >= 0.6 is 34.8 Å². The summed E-state index contributed by atoms with van der Waals surface area (Å²) in [4.78, 5) is 12.4. The Morgan fingerprint density at radius 2 is 1.61 bits per heavy atom. The van der Waals surface area contributed by atoms with Crippen LogP contribution in [0.4, 0.5) is 5.69 Å². The van der Waals surface area contributed by atoms with Crippen LogP contribution in [0.2, 0.25) is 15.1 Å². The molecular weight excluding hydrogens is 483 g/mol. The highest BCUT2D eigenvalue weighted by Gasteiger charge is 2.26. The second kappa shape index (κ2) is 9.89. The van der Waals surface area contributed by atoms with E-state index in [0.717, 1.165) is 4.31 Å². The molecule has 0 saturated carbocycles. The zero-order chi connectivity index (χ0) is 22.6. The average Bonchev–Trinajstić information content (AvgIpc) is 2.72. The average molecular weight is 500 g/mol. The van der Waals surface area contributed by atoms with Crippen molar-refractivity contribution in [2.45, 2.75) is 4.90 Å². The van der Waals surface area contributed by atoms with Gasteiger partial charge >= 0.3 is 0 Å². The predicted octanol–water partition coefficient (Wildman–Crippen LogP) is 5.70. The van der Waals surface area contributed by atoms with Gasteiger partial charge in [-0.25, -0.2) is 8.42 Å². The number of hydrogen-bond donors (Lipinski definition) is 1. The Labute approximate surface area is 195 Å². The Balaban J connectivity index is 1.77. The van der Waals surface area contributed by atoms with E-state index in [4.69, 9.17) is 39.5 Å². The van der Waals surface area contributed by atoms with Gasteiger partial charge in [0.25, 0.3) is 0 Å². The number of hydrogen-bond acceptors (Lipinski definition) is 4. The molecule has 0 unspecified atom stereocenters. The number of rotatable bonds is 7. The van der Waals surface area contributed by atoms with E-state index in [2.05, 4.69) is 5.32 Å². The van der Waals surface area contributed by atoms with Crippen molar-refractivity contribution >= 4 is 56.4 Å². The van der Waals surface area contributed by atoms with Crippen LogP contribution in [0, 0.1) is 0 Å². The summed E-state index contributed by atoms with van der Waals surface area (Å²) < 4.78 is 32.3. The number of carbonyl (C=O) groups excluding carboxylic acids is 1. The molecule has 0 spiro atoms.